The van der Waals surface area contributed by atoms with E-state index in [2.05, 4.69) is 36.8 Å². The number of hydrogen-bond donors (Lipinski definition) is 0. The fraction of sp³-hybridized carbons (Fsp3) is 0.0833. The van der Waals surface area contributed by atoms with Crippen LogP contribution >= 0.6 is 31.9 Å². The fourth-order valence-corrected chi connectivity index (χ4v) is 2.56. The highest BCUT2D eigenvalue weighted by Gasteiger charge is 2.19. The Morgan fingerprint density at radius 2 is 2.11 bits per heavy atom. The highest BCUT2D eigenvalue weighted by molar-refractivity contribution is 9.11. The van der Waals surface area contributed by atoms with Crippen molar-refractivity contribution in [2.24, 2.45) is 0 Å². The number of nitro benzene ring substituents is 1. The number of rotatable bonds is 3. The second-order valence-corrected chi connectivity index (χ2v) is 5.49. The van der Waals surface area contributed by atoms with Gasteiger partial charge in [-0.15, -0.1) is 0 Å². The van der Waals surface area contributed by atoms with Gasteiger partial charge in [0.05, 0.1) is 9.40 Å². The molecular formula is C12H8Br2N2O3. The number of halogens is 2. The topological polar surface area (TPSA) is 65.3 Å². The molecule has 0 amide bonds. The summed E-state index contributed by atoms with van der Waals surface area (Å²) in [7, 11) is 0. The Morgan fingerprint density at radius 1 is 1.37 bits per heavy atom. The summed E-state index contributed by atoms with van der Waals surface area (Å²) in [6.45, 7) is 1.75. The number of pyridine rings is 1. The van der Waals surface area contributed by atoms with E-state index in [-0.39, 0.29) is 17.3 Å². The number of aryl methyl sites for hydroxylation is 1. The standard InChI is InChI=1S/C12H8Br2N2O3/c1-7-3-2-4-10(16(17)18)11(7)19-12-9(14)5-8(13)6-15-12/h2-6H,1H3. The van der Waals surface area contributed by atoms with Crippen LogP contribution in [0, 0.1) is 17.0 Å². The van der Waals surface area contributed by atoms with Crippen molar-refractivity contribution in [3.8, 4) is 11.6 Å². The minimum Gasteiger partial charge on any atom is -0.430 e. The number of benzene rings is 1. The lowest BCUT2D eigenvalue weighted by molar-refractivity contribution is -0.385. The molecular weight excluding hydrogens is 380 g/mol. The van der Waals surface area contributed by atoms with Crippen LogP contribution in [0.5, 0.6) is 11.6 Å². The molecule has 0 saturated heterocycles. The molecule has 0 atom stereocenters. The molecule has 2 aromatic rings. The molecule has 0 spiro atoms. The predicted molar refractivity (Wildman–Crippen MR) is 77.5 cm³/mol. The summed E-state index contributed by atoms with van der Waals surface area (Å²) in [5, 5.41) is 11.0. The van der Waals surface area contributed by atoms with E-state index in [4.69, 9.17) is 4.74 Å². The Bertz CT molecular complexity index is 647. The highest BCUT2D eigenvalue weighted by atomic mass is 79.9. The molecule has 0 aliphatic carbocycles. The third kappa shape index (κ3) is 3.10. The van der Waals surface area contributed by atoms with Crippen LogP contribution in [0.3, 0.4) is 0 Å². The zero-order chi connectivity index (χ0) is 14.0. The molecule has 0 aliphatic rings. The van der Waals surface area contributed by atoms with Gasteiger partial charge in [0.2, 0.25) is 11.6 Å². The summed E-state index contributed by atoms with van der Waals surface area (Å²) in [6.07, 6.45) is 1.56. The van der Waals surface area contributed by atoms with E-state index in [9.17, 15) is 10.1 Å². The van der Waals surface area contributed by atoms with Crippen molar-refractivity contribution in [3.63, 3.8) is 0 Å². The summed E-state index contributed by atoms with van der Waals surface area (Å²) in [5.41, 5.74) is 0.586. The number of nitro groups is 1. The number of ether oxygens (including phenoxy) is 1. The SMILES string of the molecule is Cc1cccc([N+](=O)[O-])c1Oc1ncc(Br)cc1Br. The van der Waals surface area contributed by atoms with Crippen molar-refractivity contribution in [2.75, 3.05) is 0 Å². The molecule has 0 saturated carbocycles. The minimum atomic E-state index is -0.477. The summed E-state index contributed by atoms with van der Waals surface area (Å²) < 4.78 is 6.96. The lowest BCUT2D eigenvalue weighted by Gasteiger charge is -2.09. The van der Waals surface area contributed by atoms with E-state index in [0.29, 0.717) is 10.0 Å². The van der Waals surface area contributed by atoms with Gasteiger partial charge in [-0.2, -0.15) is 0 Å². The molecule has 0 unspecified atom stereocenters. The second kappa shape index (κ2) is 5.66. The Hall–Kier alpha value is -1.47. The molecule has 1 heterocycles. The first kappa shape index (κ1) is 14.0. The van der Waals surface area contributed by atoms with Crippen LogP contribution in [0.1, 0.15) is 5.56 Å². The lowest BCUT2D eigenvalue weighted by Crippen LogP contribution is -1.97. The first-order chi connectivity index (χ1) is 8.99. The Morgan fingerprint density at radius 3 is 2.74 bits per heavy atom. The quantitative estimate of drug-likeness (QED) is 0.569. The van der Waals surface area contributed by atoms with Crippen molar-refractivity contribution in [3.05, 3.63) is 55.1 Å². The van der Waals surface area contributed by atoms with Crippen LogP contribution in [0.15, 0.2) is 39.4 Å². The molecule has 0 bridgehead atoms. The van der Waals surface area contributed by atoms with Crippen LogP contribution < -0.4 is 4.74 Å². The van der Waals surface area contributed by atoms with E-state index in [1.165, 1.54) is 6.07 Å². The van der Waals surface area contributed by atoms with Crippen LogP contribution in [0.4, 0.5) is 5.69 Å². The normalized spacial score (nSPS) is 10.3. The second-order valence-electron chi connectivity index (χ2n) is 3.72. The lowest BCUT2D eigenvalue weighted by atomic mass is 10.2. The van der Waals surface area contributed by atoms with E-state index in [0.717, 1.165) is 4.47 Å². The van der Waals surface area contributed by atoms with Gasteiger partial charge in [-0.1, -0.05) is 12.1 Å². The third-order valence-electron chi connectivity index (χ3n) is 2.36. The van der Waals surface area contributed by atoms with E-state index in [1.54, 1.807) is 31.3 Å². The van der Waals surface area contributed by atoms with Gasteiger partial charge >= 0.3 is 5.69 Å². The van der Waals surface area contributed by atoms with Gasteiger partial charge in [0, 0.05) is 16.7 Å². The van der Waals surface area contributed by atoms with Crippen LogP contribution in [-0.4, -0.2) is 9.91 Å². The molecule has 19 heavy (non-hydrogen) atoms. The monoisotopic (exact) mass is 386 g/mol. The van der Waals surface area contributed by atoms with Crippen molar-refractivity contribution in [2.45, 2.75) is 6.92 Å². The Balaban J connectivity index is 2.46. The summed E-state index contributed by atoms with van der Waals surface area (Å²) in [5.74, 6) is 0.476. The van der Waals surface area contributed by atoms with E-state index < -0.39 is 4.92 Å². The van der Waals surface area contributed by atoms with Crippen molar-refractivity contribution in [1.82, 2.24) is 4.98 Å². The van der Waals surface area contributed by atoms with Gasteiger partial charge < -0.3 is 4.74 Å². The molecule has 2 rings (SSSR count). The molecule has 7 heteroatoms. The van der Waals surface area contributed by atoms with Crippen molar-refractivity contribution in [1.29, 1.82) is 0 Å². The molecule has 1 aromatic heterocycles. The van der Waals surface area contributed by atoms with Gasteiger partial charge in [-0.25, -0.2) is 4.98 Å². The average molecular weight is 388 g/mol. The predicted octanol–water partition coefficient (Wildman–Crippen LogP) is 4.62. The summed E-state index contributed by atoms with van der Waals surface area (Å²) in [4.78, 5) is 14.6. The summed E-state index contributed by atoms with van der Waals surface area (Å²) in [6, 6.07) is 6.51. The number of hydrogen-bond acceptors (Lipinski definition) is 4. The van der Waals surface area contributed by atoms with Gasteiger partial charge in [0.25, 0.3) is 0 Å². The minimum absolute atomic E-state index is 0.0865. The smallest absolute Gasteiger partial charge is 0.311 e. The largest absolute Gasteiger partial charge is 0.430 e. The van der Waals surface area contributed by atoms with Crippen molar-refractivity contribution < 1.29 is 9.66 Å². The first-order valence-corrected chi connectivity index (χ1v) is 6.80. The first-order valence-electron chi connectivity index (χ1n) is 5.22. The maximum absolute atomic E-state index is 11.0. The van der Waals surface area contributed by atoms with Gasteiger partial charge in [-0.3, -0.25) is 10.1 Å². The highest BCUT2D eigenvalue weighted by Crippen LogP contribution is 2.36. The zero-order valence-electron chi connectivity index (χ0n) is 9.76. The fourth-order valence-electron chi connectivity index (χ4n) is 1.49. The van der Waals surface area contributed by atoms with Crippen LogP contribution in [-0.2, 0) is 0 Å². The maximum Gasteiger partial charge on any atom is 0.311 e. The van der Waals surface area contributed by atoms with Gasteiger partial charge in [0.15, 0.2) is 0 Å². The molecule has 5 nitrogen and oxygen atoms in total. The number of nitrogens with zero attached hydrogens (tertiary/aromatic N) is 2. The number of aromatic nitrogens is 1. The van der Waals surface area contributed by atoms with E-state index in [1.807, 2.05) is 0 Å². The van der Waals surface area contributed by atoms with Crippen LogP contribution in [0.2, 0.25) is 0 Å². The third-order valence-corrected chi connectivity index (χ3v) is 3.36. The Kier molecular flexibility index (Phi) is 4.16. The molecule has 0 radical (unpaired) electrons. The summed E-state index contributed by atoms with van der Waals surface area (Å²) >= 11 is 6.58. The van der Waals surface area contributed by atoms with E-state index >= 15 is 0 Å². The zero-order valence-corrected chi connectivity index (χ0v) is 12.9. The molecule has 0 aliphatic heterocycles. The van der Waals surface area contributed by atoms with Gasteiger partial charge in [-0.05, 0) is 50.4 Å². The van der Waals surface area contributed by atoms with Gasteiger partial charge in [0.1, 0.15) is 0 Å². The molecule has 0 fully saturated rings. The number of para-hydroxylation sites is 1. The molecule has 0 N–H and O–H groups in total. The van der Waals surface area contributed by atoms with Crippen LogP contribution in [0.25, 0.3) is 0 Å². The molecule has 98 valence electrons. The molecule has 1 aromatic carbocycles. The Labute approximate surface area is 126 Å². The maximum atomic E-state index is 11.0. The van der Waals surface area contributed by atoms with Crippen molar-refractivity contribution >= 4 is 37.5 Å². The average Bonchev–Trinajstić information content (AvgIpc) is 2.34.